The van der Waals surface area contributed by atoms with Crippen molar-refractivity contribution in [1.82, 2.24) is 14.9 Å². The smallest absolute Gasteiger partial charge is 0.335 e. The minimum absolute atomic E-state index is 0.201. The van der Waals surface area contributed by atoms with E-state index in [2.05, 4.69) is 10.3 Å². The Hall–Kier alpha value is -2.31. The number of amides is 1. The van der Waals surface area contributed by atoms with Gasteiger partial charge in [-0.2, -0.15) is 0 Å². The van der Waals surface area contributed by atoms with Crippen molar-refractivity contribution in [2.75, 3.05) is 6.54 Å². The van der Waals surface area contributed by atoms with E-state index in [9.17, 15) is 9.59 Å². The molecule has 0 saturated heterocycles. The summed E-state index contributed by atoms with van der Waals surface area (Å²) in [5, 5.41) is 11.4. The molecule has 0 aliphatic carbocycles. The Kier molecular flexibility index (Phi) is 3.55. The Morgan fingerprint density at radius 2 is 2.21 bits per heavy atom. The van der Waals surface area contributed by atoms with E-state index in [-0.39, 0.29) is 5.56 Å². The summed E-state index contributed by atoms with van der Waals surface area (Å²) in [6, 6.07) is 4.79. The van der Waals surface area contributed by atoms with Crippen LogP contribution in [0.4, 0.5) is 4.79 Å². The second kappa shape index (κ2) is 5.13. The molecule has 1 aromatic carbocycles. The number of carboxylic acid groups (broad SMARTS) is 1. The summed E-state index contributed by atoms with van der Waals surface area (Å²) in [6.45, 7) is 0.387. The maximum Gasteiger partial charge on any atom is 0.335 e. The lowest BCUT2D eigenvalue weighted by atomic mass is 10.1. The molecule has 1 aromatic heterocycles. The zero-order valence-corrected chi connectivity index (χ0v) is 10.4. The predicted molar refractivity (Wildman–Crippen MR) is 70.5 cm³/mol. The molecule has 0 bridgehead atoms. The van der Waals surface area contributed by atoms with Gasteiger partial charge < -0.3 is 15.0 Å². The number of benzene rings is 1. The number of carbonyl (C=O) groups excluding carboxylic acids is 1. The highest BCUT2D eigenvalue weighted by atomic mass is 16.4. The number of nitrogens with zero attached hydrogens (tertiary/aromatic N) is 2. The summed E-state index contributed by atoms with van der Waals surface area (Å²) in [4.78, 5) is 25.8. The van der Waals surface area contributed by atoms with Crippen LogP contribution >= 0.6 is 0 Å². The van der Waals surface area contributed by atoms with Gasteiger partial charge in [-0.05, 0) is 18.2 Å². The van der Waals surface area contributed by atoms with Crippen molar-refractivity contribution < 1.29 is 14.7 Å². The molecule has 96 valence electrons. The molecule has 7 heteroatoms. The molecule has 2 N–H and O–H groups in total. The minimum atomic E-state index is -0.982. The molecule has 2 aromatic rings. The fourth-order valence-electron chi connectivity index (χ4n) is 1.90. The lowest BCUT2D eigenvalue weighted by Crippen LogP contribution is -2.24. The third kappa shape index (κ3) is 2.75. The number of aromatic nitrogens is 2. The van der Waals surface area contributed by atoms with E-state index in [1.807, 2.05) is 11.6 Å². The summed E-state index contributed by atoms with van der Waals surface area (Å²) in [5.41, 5.74) is 1.67. The van der Waals surface area contributed by atoms with Gasteiger partial charge in [-0.15, -0.1) is 0 Å². The molecule has 0 saturated carbocycles. The Morgan fingerprint density at radius 3 is 2.84 bits per heavy atom. The van der Waals surface area contributed by atoms with E-state index in [1.54, 1.807) is 6.07 Å². The number of fused-ring (bicyclic) bond motifs is 1. The van der Waals surface area contributed by atoms with Crippen LogP contribution in [-0.2, 0) is 13.5 Å². The number of rotatable bonds is 4. The van der Waals surface area contributed by atoms with Gasteiger partial charge in [-0.3, -0.25) is 4.79 Å². The minimum Gasteiger partial charge on any atom is -0.478 e. The van der Waals surface area contributed by atoms with Crippen molar-refractivity contribution in [3.8, 4) is 0 Å². The number of aromatic carboxylic acids is 1. The maximum absolute atomic E-state index is 10.9. The molecular weight excluding hydrogens is 245 g/mol. The first-order valence-corrected chi connectivity index (χ1v) is 5.71. The standard InChI is InChI=1S/C12H12BN3O3/c1-16-9-3-2-7(11(17)18)6-8(9)15-10(16)4-5-14-12(13)19/h2-3,6H,4-5H2,1H3,(H,14,19)(H,17,18). The maximum atomic E-state index is 10.9. The lowest BCUT2D eigenvalue weighted by Gasteiger charge is -2.03. The molecule has 0 aliphatic rings. The summed E-state index contributed by atoms with van der Waals surface area (Å²) >= 11 is 0. The van der Waals surface area contributed by atoms with Gasteiger partial charge in [-0.25, -0.2) is 9.78 Å². The Labute approximate surface area is 110 Å². The van der Waals surface area contributed by atoms with Gasteiger partial charge in [0.05, 0.1) is 16.6 Å². The van der Waals surface area contributed by atoms with Gasteiger partial charge in [-0.1, -0.05) is 0 Å². The highest BCUT2D eigenvalue weighted by Gasteiger charge is 2.10. The average molecular weight is 257 g/mol. The molecule has 0 unspecified atom stereocenters. The molecule has 2 radical (unpaired) electrons. The quantitative estimate of drug-likeness (QED) is 0.789. The van der Waals surface area contributed by atoms with Crippen molar-refractivity contribution in [2.24, 2.45) is 7.05 Å². The largest absolute Gasteiger partial charge is 0.478 e. The number of carboxylic acids is 1. The van der Waals surface area contributed by atoms with Crippen LogP contribution in [0.2, 0.25) is 0 Å². The number of hydrogen-bond donors (Lipinski definition) is 2. The van der Waals surface area contributed by atoms with Gasteiger partial charge in [0.2, 0.25) is 0 Å². The molecule has 0 fully saturated rings. The Morgan fingerprint density at radius 1 is 1.47 bits per heavy atom. The summed E-state index contributed by atoms with van der Waals surface area (Å²) in [5.74, 6) is -0.803. The van der Waals surface area contributed by atoms with Gasteiger partial charge >= 0.3 is 5.97 Å². The molecule has 1 amide bonds. The predicted octanol–water partition coefficient (Wildman–Crippen LogP) is 0.692. The molecule has 19 heavy (non-hydrogen) atoms. The van der Waals surface area contributed by atoms with Crippen molar-refractivity contribution >= 4 is 30.7 Å². The third-order valence-corrected chi connectivity index (χ3v) is 2.87. The summed E-state index contributed by atoms with van der Waals surface area (Å²) in [6.07, 6.45) is 0.524. The fourth-order valence-corrected chi connectivity index (χ4v) is 1.90. The first kappa shape index (κ1) is 13.1. The van der Waals surface area contributed by atoms with Crippen molar-refractivity contribution in [3.05, 3.63) is 29.6 Å². The van der Waals surface area contributed by atoms with E-state index in [1.165, 1.54) is 12.1 Å². The number of imidazole rings is 1. The average Bonchev–Trinajstić information content (AvgIpc) is 2.65. The molecular formula is C12H12BN3O3. The molecule has 2 rings (SSSR count). The van der Waals surface area contributed by atoms with Crippen molar-refractivity contribution in [3.63, 3.8) is 0 Å². The van der Waals surface area contributed by atoms with E-state index in [0.717, 1.165) is 11.3 Å². The van der Waals surface area contributed by atoms with Gasteiger partial charge in [0.15, 0.2) is 13.7 Å². The highest BCUT2D eigenvalue weighted by Crippen LogP contribution is 2.17. The molecule has 6 nitrogen and oxygen atoms in total. The molecule has 0 aliphatic heterocycles. The zero-order valence-electron chi connectivity index (χ0n) is 10.4. The third-order valence-electron chi connectivity index (χ3n) is 2.87. The highest BCUT2D eigenvalue weighted by molar-refractivity contribution is 6.57. The van der Waals surface area contributed by atoms with E-state index in [4.69, 9.17) is 13.0 Å². The summed E-state index contributed by atoms with van der Waals surface area (Å²) < 4.78 is 1.86. The number of nitrogens with one attached hydrogen (secondary N) is 1. The van der Waals surface area contributed by atoms with Crippen LogP contribution in [0.15, 0.2) is 18.2 Å². The van der Waals surface area contributed by atoms with Gasteiger partial charge in [0.1, 0.15) is 5.82 Å². The van der Waals surface area contributed by atoms with E-state index in [0.29, 0.717) is 18.5 Å². The first-order valence-electron chi connectivity index (χ1n) is 5.71. The monoisotopic (exact) mass is 257 g/mol. The van der Waals surface area contributed by atoms with Crippen molar-refractivity contribution in [1.29, 1.82) is 0 Å². The van der Waals surface area contributed by atoms with Crippen LogP contribution < -0.4 is 5.32 Å². The van der Waals surface area contributed by atoms with Crippen molar-refractivity contribution in [2.45, 2.75) is 6.42 Å². The zero-order chi connectivity index (χ0) is 14.0. The normalized spacial score (nSPS) is 10.6. The van der Waals surface area contributed by atoms with Crippen LogP contribution in [0, 0.1) is 0 Å². The van der Waals surface area contributed by atoms with Gasteiger partial charge in [0, 0.05) is 20.0 Å². The molecule has 0 spiro atoms. The summed E-state index contributed by atoms with van der Waals surface area (Å²) in [7, 11) is 6.82. The Bertz CT molecular complexity index is 651. The number of hydrogen-bond acceptors (Lipinski definition) is 3. The van der Waals surface area contributed by atoms with Crippen LogP contribution in [-0.4, -0.2) is 40.8 Å². The van der Waals surface area contributed by atoms with Gasteiger partial charge in [0.25, 0.3) is 0 Å². The van der Waals surface area contributed by atoms with Crippen LogP contribution in [0.3, 0.4) is 0 Å². The Balaban J connectivity index is 2.28. The second-order valence-electron chi connectivity index (χ2n) is 4.14. The van der Waals surface area contributed by atoms with E-state index >= 15 is 0 Å². The van der Waals surface area contributed by atoms with Crippen LogP contribution in [0.1, 0.15) is 16.2 Å². The first-order chi connectivity index (χ1) is 8.99. The topological polar surface area (TPSA) is 84.2 Å². The lowest BCUT2D eigenvalue weighted by molar-refractivity contribution is 0.0697. The second-order valence-corrected chi connectivity index (χ2v) is 4.14. The number of aryl methyl sites for hydroxylation is 1. The SMILES string of the molecule is [B]C(=O)NCCc1nc2cc(C(=O)O)ccc2n1C. The number of carbonyl (C=O) groups is 2. The van der Waals surface area contributed by atoms with E-state index < -0.39 is 11.8 Å². The van der Waals surface area contributed by atoms with Crippen LogP contribution in [0.25, 0.3) is 11.0 Å². The molecule has 0 atom stereocenters. The van der Waals surface area contributed by atoms with Crippen LogP contribution in [0.5, 0.6) is 0 Å². The fraction of sp³-hybridized carbons (Fsp3) is 0.250. The molecule has 1 heterocycles.